The van der Waals surface area contributed by atoms with E-state index >= 15 is 0 Å². The Kier molecular flexibility index (Phi) is 3.51. The fraction of sp³-hybridized carbons (Fsp3) is 0.500. The summed E-state index contributed by atoms with van der Waals surface area (Å²) in [5.74, 6) is -0.938. The molecule has 1 aromatic carbocycles. The molecule has 2 rings (SSSR count). The number of piperidine rings is 1. The number of benzene rings is 1. The summed E-state index contributed by atoms with van der Waals surface area (Å²) in [5.41, 5.74) is 0.692. The van der Waals surface area contributed by atoms with E-state index in [1.165, 1.54) is 12.1 Å². The van der Waals surface area contributed by atoms with Crippen LogP contribution in [0.25, 0.3) is 0 Å². The zero-order valence-corrected chi connectivity index (χ0v) is 8.92. The van der Waals surface area contributed by atoms with E-state index in [2.05, 4.69) is 5.32 Å². The molecule has 2 N–H and O–H groups in total. The number of nitrogens with one attached hydrogen (secondary N) is 1. The molecule has 1 fully saturated rings. The molecule has 1 aliphatic rings. The predicted molar refractivity (Wildman–Crippen MR) is 57.2 cm³/mol. The van der Waals surface area contributed by atoms with Crippen molar-refractivity contribution in [1.82, 2.24) is 5.32 Å². The van der Waals surface area contributed by atoms with Gasteiger partial charge in [-0.2, -0.15) is 0 Å². The van der Waals surface area contributed by atoms with Crippen molar-refractivity contribution in [3.63, 3.8) is 0 Å². The van der Waals surface area contributed by atoms with E-state index < -0.39 is 11.6 Å². The van der Waals surface area contributed by atoms with Crippen molar-refractivity contribution in [2.75, 3.05) is 13.2 Å². The maximum Gasteiger partial charge on any atom is 0.126 e. The van der Waals surface area contributed by atoms with Crippen molar-refractivity contribution >= 4 is 0 Å². The zero-order chi connectivity index (χ0) is 11.5. The number of rotatable bonds is 2. The minimum absolute atomic E-state index is 0.0325. The Labute approximate surface area is 93.3 Å². The lowest BCUT2D eigenvalue weighted by Crippen LogP contribution is -2.39. The Balaban J connectivity index is 2.16. The summed E-state index contributed by atoms with van der Waals surface area (Å²) in [6.45, 7) is 0.836. The molecule has 2 nitrogen and oxygen atoms in total. The lowest BCUT2D eigenvalue weighted by atomic mass is 9.86. The highest BCUT2D eigenvalue weighted by Gasteiger charge is 2.22. The molecule has 4 heteroatoms. The molecule has 16 heavy (non-hydrogen) atoms. The largest absolute Gasteiger partial charge is 0.395 e. The molecule has 88 valence electrons. The van der Waals surface area contributed by atoms with Gasteiger partial charge in [-0.3, -0.25) is 0 Å². The molecule has 0 aromatic heterocycles. The van der Waals surface area contributed by atoms with Gasteiger partial charge in [0.25, 0.3) is 0 Å². The van der Waals surface area contributed by atoms with Crippen molar-refractivity contribution in [3.8, 4) is 0 Å². The predicted octanol–water partition coefficient (Wildman–Crippen LogP) is 1.79. The van der Waals surface area contributed by atoms with Gasteiger partial charge in [0.15, 0.2) is 0 Å². The van der Waals surface area contributed by atoms with Crippen LogP contribution in [0.15, 0.2) is 18.2 Å². The molecule has 0 amide bonds. The summed E-state index contributed by atoms with van der Waals surface area (Å²) < 4.78 is 26.1. The Morgan fingerprint density at radius 2 is 1.94 bits per heavy atom. The second kappa shape index (κ2) is 4.89. The van der Waals surface area contributed by atoms with Crippen LogP contribution in [0.3, 0.4) is 0 Å². The van der Waals surface area contributed by atoms with Gasteiger partial charge in [-0.25, -0.2) is 8.78 Å². The molecule has 2 atom stereocenters. The van der Waals surface area contributed by atoms with E-state index in [0.29, 0.717) is 5.56 Å². The van der Waals surface area contributed by atoms with Gasteiger partial charge in [-0.05, 0) is 43.0 Å². The van der Waals surface area contributed by atoms with Crippen molar-refractivity contribution in [3.05, 3.63) is 35.4 Å². The summed E-state index contributed by atoms with van der Waals surface area (Å²) >= 11 is 0. The first-order chi connectivity index (χ1) is 7.69. The molecule has 0 radical (unpaired) electrons. The maximum atomic E-state index is 13.1. The Bertz CT molecular complexity index is 350. The van der Waals surface area contributed by atoms with Crippen LogP contribution < -0.4 is 5.32 Å². The Hall–Kier alpha value is -1.00. The molecular weight excluding hydrogens is 212 g/mol. The van der Waals surface area contributed by atoms with E-state index in [0.717, 1.165) is 25.5 Å². The molecular formula is C12H15F2NO. The SMILES string of the molecule is OCC1CC(c2cc(F)cc(F)c2)CCN1. The Morgan fingerprint density at radius 1 is 1.25 bits per heavy atom. The molecule has 1 heterocycles. The average molecular weight is 227 g/mol. The summed E-state index contributed by atoms with van der Waals surface area (Å²) in [4.78, 5) is 0. The first kappa shape index (κ1) is 11.5. The van der Waals surface area contributed by atoms with Gasteiger partial charge in [0, 0.05) is 12.1 Å². The van der Waals surface area contributed by atoms with Crippen LogP contribution in [-0.2, 0) is 0 Å². The third-order valence-electron chi connectivity index (χ3n) is 3.07. The van der Waals surface area contributed by atoms with Crippen LogP contribution in [0.1, 0.15) is 24.3 Å². The number of halogens is 2. The van der Waals surface area contributed by atoms with Crippen molar-refractivity contribution in [2.45, 2.75) is 24.8 Å². The van der Waals surface area contributed by atoms with E-state index in [1.54, 1.807) is 0 Å². The minimum Gasteiger partial charge on any atom is -0.395 e. The monoisotopic (exact) mass is 227 g/mol. The quantitative estimate of drug-likeness (QED) is 0.807. The summed E-state index contributed by atoms with van der Waals surface area (Å²) in [6, 6.07) is 3.68. The first-order valence-corrected chi connectivity index (χ1v) is 5.49. The second-order valence-electron chi connectivity index (χ2n) is 4.26. The third kappa shape index (κ3) is 2.57. The first-order valence-electron chi connectivity index (χ1n) is 5.49. The van der Waals surface area contributed by atoms with Gasteiger partial charge in [-0.1, -0.05) is 0 Å². The van der Waals surface area contributed by atoms with Crippen LogP contribution in [0.5, 0.6) is 0 Å². The number of aliphatic hydroxyl groups is 1. The lowest BCUT2D eigenvalue weighted by Gasteiger charge is -2.29. The van der Waals surface area contributed by atoms with Crippen LogP contribution >= 0.6 is 0 Å². The van der Waals surface area contributed by atoms with E-state index in [1.807, 2.05) is 0 Å². The molecule has 1 aliphatic heterocycles. The van der Waals surface area contributed by atoms with Gasteiger partial charge in [0.05, 0.1) is 6.61 Å². The summed E-state index contributed by atoms with van der Waals surface area (Å²) in [5, 5.41) is 12.2. The molecule has 0 bridgehead atoms. The highest BCUT2D eigenvalue weighted by atomic mass is 19.1. The van der Waals surface area contributed by atoms with Crippen LogP contribution in [0, 0.1) is 11.6 Å². The van der Waals surface area contributed by atoms with E-state index in [-0.39, 0.29) is 18.6 Å². The number of aliphatic hydroxyl groups excluding tert-OH is 1. The van der Waals surface area contributed by atoms with Gasteiger partial charge in [0.2, 0.25) is 0 Å². The maximum absolute atomic E-state index is 13.1. The van der Waals surface area contributed by atoms with E-state index in [4.69, 9.17) is 5.11 Å². The second-order valence-corrected chi connectivity index (χ2v) is 4.26. The van der Waals surface area contributed by atoms with Crippen LogP contribution in [0.2, 0.25) is 0 Å². The third-order valence-corrected chi connectivity index (χ3v) is 3.07. The summed E-state index contributed by atoms with van der Waals surface area (Å²) in [6.07, 6.45) is 1.57. The van der Waals surface area contributed by atoms with E-state index in [9.17, 15) is 8.78 Å². The highest BCUT2D eigenvalue weighted by molar-refractivity contribution is 5.22. The average Bonchev–Trinajstić information content (AvgIpc) is 2.28. The summed E-state index contributed by atoms with van der Waals surface area (Å²) in [7, 11) is 0. The fourth-order valence-corrected chi connectivity index (χ4v) is 2.26. The normalized spacial score (nSPS) is 25.7. The molecule has 1 saturated heterocycles. The smallest absolute Gasteiger partial charge is 0.126 e. The number of hydrogen-bond acceptors (Lipinski definition) is 2. The van der Waals surface area contributed by atoms with Gasteiger partial charge in [0.1, 0.15) is 11.6 Å². The fourth-order valence-electron chi connectivity index (χ4n) is 2.26. The van der Waals surface area contributed by atoms with Crippen LogP contribution in [0.4, 0.5) is 8.78 Å². The number of hydrogen-bond donors (Lipinski definition) is 2. The molecule has 1 aromatic rings. The van der Waals surface area contributed by atoms with Gasteiger partial charge in [-0.15, -0.1) is 0 Å². The lowest BCUT2D eigenvalue weighted by molar-refractivity contribution is 0.210. The Morgan fingerprint density at radius 3 is 2.56 bits per heavy atom. The van der Waals surface area contributed by atoms with Crippen molar-refractivity contribution < 1.29 is 13.9 Å². The van der Waals surface area contributed by atoms with Crippen molar-refractivity contribution in [2.24, 2.45) is 0 Å². The standard InChI is InChI=1S/C12H15F2NO/c13-10-3-9(4-11(14)6-10)8-1-2-15-12(5-8)7-16/h3-4,6,8,12,15-16H,1-2,5,7H2. The topological polar surface area (TPSA) is 32.3 Å². The van der Waals surface area contributed by atoms with Crippen LogP contribution in [-0.4, -0.2) is 24.3 Å². The minimum atomic E-state index is -0.533. The molecule has 0 spiro atoms. The van der Waals surface area contributed by atoms with Crippen molar-refractivity contribution in [1.29, 1.82) is 0 Å². The molecule has 0 saturated carbocycles. The molecule has 0 aliphatic carbocycles. The zero-order valence-electron chi connectivity index (χ0n) is 8.92. The van der Waals surface area contributed by atoms with Gasteiger partial charge >= 0.3 is 0 Å². The molecule has 2 unspecified atom stereocenters. The van der Waals surface area contributed by atoms with Gasteiger partial charge < -0.3 is 10.4 Å². The highest BCUT2D eigenvalue weighted by Crippen LogP contribution is 2.28.